The van der Waals surface area contributed by atoms with Gasteiger partial charge in [0.25, 0.3) is 5.91 Å². The molecule has 0 spiro atoms. The number of nitrogens with zero attached hydrogens (tertiary/aromatic N) is 3. The van der Waals surface area contributed by atoms with Gasteiger partial charge in [0.05, 0.1) is 7.11 Å². The predicted molar refractivity (Wildman–Crippen MR) is 113 cm³/mol. The molecule has 1 amide bonds. The lowest BCUT2D eigenvalue weighted by Crippen LogP contribution is -2.32. The van der Waals surface area contributed by atoms with Crippen LogP contribution in [0.25, 0.3) is 22.7 Å². The number of nitrogens with one attached hydrogen (secondary N) is 1. The summed E-state index contributed by atoms with van der Waals surface area (Å²) in [5.41, 5.74) is 1.79. The van der Waals surface area contributed by atoms with Crippen molar-refractivity contribution in [3.8, 4) is 28.5 Å². The quantitative estimate of drug-likeness (QED) is 0.470. The van der Waals surface area contributed by atoms with Crippen molar-refractivity contribution in [3.63, 3.8) is 0 Å². The first-order valence-corrected chi connectivity index (χ1v) is 9.86. The third kappa shape index (κ3) is 4.48. The minimum absolute atomic E-state index is 0.0148. The second kappa shape index (κ2) is 8.83. The van der Waals surface area contributed by atoms with Gasteiger partial charge in [0.1, 0.15) is 11.8 Å². The third-order valence-electron chi connectivity index (χ3n) is 4.81. The van der Waals surface area contributed by atoms with Crippen molar-refractivity contribution < 1.29 is 18.6 Å². The van der Waals surface area contributed by atoms with Gasteiger partial charge in [-0.2, -0.15) is 4.98 Å². The molecule has 0 fully saturated rings. The summed E-state index contributed by atoms with van der Waals surface area (Å²) in [5, 5.41) is 10.9. The van der Waals surface area contributed by atoms with Crippen LogP contribution in [0.3, 0.4) is 0 Å². The Morgan fingerprint density at radius 1 is 0.968 bits per heavy atom. The number of rotatable bonds is 7. The van der Waals surface area contributed by atoms with E-state index >= 15 is 0 Å². The standard InChI is InChI=1S/C23H22N4O4/c1-14(2)20(23-25-21(27-31-23)16-7-5-4-6-8-16)24-22(28)18-13-19(30-26-18)15-9-11-17(29-3)12-10-15/h4-14,20H,1-3H3,(H,24,28). The molecule has 0 saturated carbocycles. The molecular formula is C23H22N4O4. The number of benzene rings is 2. The highest BCUT2D eigenvalue weighted by Gasteiger charge is 2.26. The van der Waals surface area contributed by atoms with Crippen LogP contribution in [0.2, 0.25) is 0 Å². The number of ether oxygens (including phenoxy) is 1. The van der Waals surface area contributed by atoms with Gasteiger partial charge in [-0.05, 0) is 30.2 Å². The number of carbonyl (C=O) groups excluding carboxylic acids is 1. The van der Waals surface area contributed by atoms with Crippen LogP contribution in [0.1, 0.15) is 36.3 Å². The summed E-state index contributed by atoms with van der Waals surface area (Å²) in [4.78, 5) is 17.3. The number of aromatic nitrogens is 3. The average molecular weight is 418 g/mol. The molecule has 1 unspecified atom stereocenters. The summed E-state index contributed by atoms with van der Waals surface area (Å²) in [6, 6.07) is 17.9. The van der Waals surface area contributed by atoms with E-state index in [1.807, 2.05) is 68.4 Å². The second-order valence-electron chi connectivity index (χ2n) is 7.32. The topological polar surface area (TPSA) is 103 Å². The number of hydrogen-bond donors (Lipinski definition) is 1. The minimum atomic E-state index is -0.474. The largest absolute Gasteiger partial charge is 0.497 e. The Morgan fingerprint density at radius 3 is 2.39 bits per heavy atom. The molecule has 8 nitrogen and oxygen atoms in total. The molecule has 0 saturated heterocycles. The summed E-state index contributed by atoms with van der Waals surface area (Å²) >= 11 is 0. The first-order chi connectivity index (χ1) is 15.0. The third-order valence-corrected chi connectivity index (χ3v) is 4.81. The van der Waals surface area contributed by atoms with E-state index in [0.29, 0.717) is 17.5 Å². The van der Waals surface area contributed by atoms with Crippen LogP contribution in [0, 0.1) is 5.92 Å². The van der Waals surface area contributed by atoms with E-state index in [9.17, 15) is 4.79 Å². The first-order valence-electron chi connectivity index (χ1n) is 9.86. The number of carbonyl (C=O) groups is 1. The molecule has 158 valence electrons. The summed E-state index contributed by atoms with van der Waals surface area (Å²) < 4.78 is 16.0. The van der Waals surface area contributed by atoms with Crippen molar-refractivity contribution in [1.29, 1.82) is 0 Å². The fraction of sp³-hybridized carbons (Fsp3) is 0.217. The zero-order valence-corrected chi connectivity index (χ0v) is 17.4. The van der Waals surface area contributed by atoms with Gasteiger partial charge < -0.3 is 19.1 Å². The van der Waals surface area contributed by atoms with Crippen molar-refractivity contribution >= 4 is 5.91 Å². The van der Waals surface area contributed by atoms with Crippen LogP contribution >= 0.6 is 0 Å². The Balaban J connectivity index is 1.51. The fourth-order valence-corrected chi connectivity index (χ4v) is 3.07. The zero-order valence-electron chi connectivity index (χ0n) is 17.4. The Hall–Kier alpha value is -3.94. The van der Waals surface area contributed by atoms with Crippen molar-refractivity contribution in [2.24, 2.45) is 5.92 Å². The highest BCUT2D eigenvalue weighted by Crippen LogP contribution is 2.26. The van der Waals surface area contributed by atoms with E-state index in [4.69, 9.17) is 13.8 Å². The highest BCUT2D eigenvalue weighted by molar-refractivity contribution is 5.93. The Labute approximate surface area is 179 Å². The average Bonchev–Trinajstić information content (AvgIpc) is 3.48. The van der Waals surface area contributed by atoms with Crippen LogP contribution in [-0.4, -0.2) is 28.3 Å². The van der Waals surface area contributed by atoms with Crippen LogP contribution in [0.4, 0.5) is 0 Å². The molecule has 0 aliphatic carbocycles. The number of hydrogen-bond acceptors (Lipinski definition) is 7. The van der Waals surface area contributed by atoms with E-state index < -0.39 is 6.04 Å². The van der Waals surface area contributed by atoms with Crippen molar-refractivity contribution in [3.05, 3.63) is 72.2 Å². The Bertz CT molecular complexity index is 1150. The lowest BCUT2D eigenvalue weighted by atomic mass is 10.0. The molecule has 0 aliphatic rings. The van der Waals surface area contributed by atoms with Gasteiger partial charge in [0.15, 0.2) is 11.5 Å². The summed E-state index contributed by atoms with van der Waals surface area (Å²) in [7, 11) is 1.60. The maximum absolute atomic E-state index is 12.8. The minimum Gasteiger partial charge on any atom is -0.497 e. The molecule has 2 aromatic carbocycles. The number of methoxy groups -OCH3 is 1. The van der Waals surface area contributed by atoms with Gasteiger partial charge in [-0.15, -0.1) is 0 Å². The van der Waals surface area contributed by atoms with Crippen molar-refractivity contribution in [2.75, 3.05) is 7.11 Å². The Morgan fingerprint density at radius 2 is 1.71 bits per heavy atom. The molecule has 2 aromatic heterocycles. The monoisotopic (exact) mass is 418 g/mol. The Kier molecular flexibility index (Phi) is 5.79. The van der Waals surface area contributed by atoms with Gasteiger partial charge in [0, 0.05) is 17.2 Å². The molecule has 0 bridgehead atoms. The smallest absolute Gasteiger partial charge is 0.274 e. The molecule has 1 atom stereocenters. The van der Waals surface area contributed by atoms with Crippen LogP contribution in [0.15, 0.2) is 69.7 Å². The summed E-state index contributed by atoms with van der Waals surface area (Å²) in [6.07, 6.45) is 0. The maximum Gasteiger partial charge on any atom is 0.274 e. The van der Waals surface area contributed by atoms with E-state index in [1.165, 1.54) is 0 Å². The molecule has 1 N–H and O–H groups in total. The van der Waals surface area contributed by atoms with Crippen molar-refractivity contribution in [1.82, 2.24) is 20.6 Å². The lowest BCUT2D eigenvalue weighted by Gasteiger charge is -2.17. The van der Waals surface area contributed by atoms with Crippen LogP contribution in [0.5, 0.6) is 5.75 Å². The zero-order chi connectivity index (χ0) is 21.8. The first kappa shape index (κ1) is 20.3. The fourth-order valence-electron chi connectivity index (χ4n) is 3.07. The molecule has 31 heavy (non-hydrogen) atoms. The van der Waals surface area contributed by atoms with Crippen LogP contribution in [-0.2, 0) is 0 Å². The van der Waals surface area contributed by atoms with Gasteiger partial charge in [-0.3, -0.25) is 4.79 Å². The van der Waals surface area contributed by atoms with Crippen LogP contribution < -0.4 is 10.1 Å². The maximum atomic E-state index is 12.8. The van der Waals surface area contributed by atoms with Gasteiger partial charge in [0.2, 0.25) is 11.7 Å². The highest BCUT2D eigenvalue weighted by atomic mass is 16.5. The normalized spacial score (nSPS) is 12.0. The molecule has 4 rings (SSSR count). The molecule has 0 aliphatic heterocycles. The van der Waals surface area contributed by atoms with E-state index in [-0.39, 0.29) is 17.5 Å². The molecule has 4 aromatic rings. The molecule has 8 heteroatoms. The van der Waals surface area contributed by atoms with E-state index in [0.717, 1.165) is 16.9 Å². The SMILES string of the molecule is COc1ccc(-c2cc(C(=O)NC(c3nc(-c4ccccc4)no3)C(C)C)no2)cc1. The van der Waals surface area contributed by atoms with E-state index in [1.54, 1.807) is 13.2 Å². The van der Waals surface area contributed by atoms with Gasteiger partial charge >= 0.3 is 0 Å². The summed E-state index contributed by atoms with van der Waals surface area (Å²) in [6.45, 7) is 3.92. The summed E-state index contributed by atoms with van der Waals surface area (Å²) in [5.74, 6) is 1.65. The molecular weight excluding hydrogens is 396 g/mol. The van der Waals surface area contributed by atoms with Gasteiger partial charge in [-0.25, -0.2) is 0 Å². The lowest BCUT2D eigenvalue weighted by molar-refractivity contribution is 0.0904. The second-order valence-corrected chi connectivity index (χ2v) is 7.32. The van der Waals surface area contributed by atoms with E-state index in [2.05, 4.69) is 20.6 Å². The number of amides is 1. The molecule has 2 heterocycles. The predicted octanol–water partition coefficient (Wildman–Crippen LogP) is 4.53. The van der Waals surface area contributed by atoms with Crippen molar-refractivity contribution in [2.45, 2.75) is 19.9 Å². The molecule has 0 radical (unpaired) electrons. The van der Waals surface area contributed by atoms with Gasteiger partial charge in [-0.1, -0.05) is 54.5 Å².